The molecule has 2 heterocycles. The second kappa shape index (κ2) is 10.1. The Balaban J connectivity index is 0.000000265. The van der Waals surface area contributed by atoms with Crippen molar-refractivity contribution in [3.05, 3.63) is 22.7 Å². The zero-order chi connectivity index (χ0) is 13.1. The van der Waals surface area contributed by atoms with Crippen molar-refractivity contribution in [2.75, 3.05) is 31.8 Å². The van der Waals surface area contributed by atoms with E-state index in [-0.39, 0.29) is 12.0 Å². The zero-order valence-corrected chi connectivity index (χ0v) is 10.3. The van der Waals surface area contributed by atoms with Crippen molar-refractivity contribution in [2.45, 2.75) is 5.44 Å². The summed E-state index contributed by atoms with van der Waals surface area (Å²) in [6.07, 6.45) is 1.36. The lowest BCUT2D eigenvalue weighted by atomic mass is 10.6. The quantitative estimate of drug-likeness (QED) is 0.514. The maximum Gasteiger partial charge on any atom is 0.346 e. The number of nitrogens with one attached hydrogen (secondary N) is 1. The Bertz CT molecular complexity index is 341. The monoisotopic (exact) mass is 263 g/mol. The fourth-order valence-corrected chi connectivity index (χ4v) is 1.65. The summed E-state index contributed by atoms with van der Waals surface area (Å²) in [6.45, 7) is 0.959. The van der Waals surface area contributed by atoms with Crippen LogP contribution in [0.4, 0.5) is 5.82 Å². The van der Waals surface area contributed by atoms with Crippen molar-refractivity contribution in [3.8, 4) is 0 Å². The molecule has 1 saturated heterocycles. The largest absolute Gasteiger partial charge is 0.400 e. The molecule has 0 saturated carbocycles. The van der Waals surface area contributed by atoms with Crippen molar-refractivity contribution in [3.63, 3.8) is 0 Å². The fourth-order valence-electron chi connectivity index (χ4n) is 0.895. The van der Waals surface area contributed by atoms with Crippen LogP contribution in [0.15, 0.2) is 17.1 Å². The second-order valence-electron chi connectivity index (χ2n) is 2.68. The van der Waals surface area contributed by atoms with Crippen LogP contribution < -0.4 is 11.4 Å². The molecule has 1 atom stereocenters. The van der Waals surface area contributed by atoms with E-state index in [1.165, 1.54) is 12.3 Å². The van der Waals surface area contributed by atoms with Gasteiger partial charge in [-0.3, -0.25) is 4.98 Å². The number of nitrogens with two attached hydrogens (primary N) is 1. The van der Waals surface area contributed by atoms with E-state index in [0.717, 1.165) is 19.5 Å². The molecule has 5 N–H and O–H groups in total. The number of aliphatic hydroxyl groups is 2. The number of hydrogen-bond acceptors (Lipinski definition) is 7. The molecule has 98 valence electrons. The molecule has 0 spiro atoms. The minimum atomic E-state index is -0.412. The van der Waals surface area contributed by atoms with E-state index >= 15 is 0 Å². The Morgan fingerprint density at radius 3 is 2.71 bits per heavy atom. The Labute approximate surface area is 103 Å². The molecule has 1 fully saturated rings. The Kier molecular flexibility index (Phi) is 9.44. The number of H-pyrrole nitrogens is 1. The third-order valence-electron chi connectivity index (χ3n) is 1.54. The molecule has 8 heteroatoms. The van der Waals surface area contributed by atoms with Gasteiger partial charge in [-0.15, -0.1) is 11.8 Å². The highest BCUT2D eigenvalue weighted by atomic mass is 32.2. The number of ether oxygens (including phenoxy) is 1. The maximum absolute atomic E-state index is 10.2. The Morgan fingerprint density at radius 2 is 2.41 bits per heavy atom. The van der Waals surface area contributed by atoms with Crippen LogP contribution in [0.3, 0.4) is 0 Å². The van der Waals surface area contributed by atoms with E-state index in [9.17, 15) is 4.79 Å². The van der Waals surface area contributed by atoms with Crippen LogP contribution in [0.2, 0.25) is 0 Å². The lowest BCUT2D eigenvalue weighted by Gasteiger charge is -1.99. The van der Waals surface area contributed by atoms with Gasteiger partial charge in [-0.1, -0.05) is 0 Å². The molecule has 0 radical (unpaired) electrons. The van der Waals surface area contributed by atoms with E-state index in [4.69, 9.17) is 20.7 Å². The summed E-state index contributed by atoms with van der Waals surface area (Å²) < 4.78 is 5.02. The predicted octanol–water partition coefficient (Wildman–Crippen LogP) is -0.971. The highest BCUT2D eigenvalue weighted by molar-refractivity contribution is 8.00. The molecule has 0 bridgehead atoms. The lowest BCUT2D eigenvalue weighted by molar-refractivity contribution is 0.0918. The van der Waals surface area contributed by atoms with Crippen LogP contribution in [0.1, 0.15) is 0 Å². The summed E-state index contributed by atoms with van der Waals surface area (Å²) >= 11 is 1.67. The average Bonchev–Trinajstić information content (AvgIpc) is 2.85. The van der Waals surface area contributed by atoms with Crippen LogP contribution in [0.5, 0.6) is 0 Å². The molecular weight excluding hydrogens is 246 g/mol. The van der Waals surface area contributed by atoms with Crippen molar-refractivity contribution in [1.29, 1.82) is 0 Å². The SMILES string of the molecule is CO.Nc1ccnc(=O)[nH]1.OC[C@H]1OCCS1. The maximum atomic E-state index is 10.2. The first-order valence-corrected chi connectivity index (χ1v) is 5.87. The lowest BCUT2D eigenvalue weighted by Crippen LogP contribution is -2.10. The van der Waals surface area contributed by atoms with Crippen molar-refractivity contribution >= 4 is 17.6 Å². The summed E-state index contributed by atoms with van der Waals surface area (Å²) in [5.41, 5.74) is 4.82. The molecule has 2 rings (SSSR count). The molecule has 1 aromatic rings. The molecule has 17 heavy (non-hydrogen) atoms. The van der Waals surface area contributed by atoms with Crippen molar-refractivity contribution in [2.24, 2.45) is 0 Å². The number of rotatable bonds is 1. The molecule has 7 nitrogen and oxygen atoms in total. The first kappa shape index (κ1) is 15.9. The number of aliphatic hydroxyl groups excluding tert-OH is 2. The van der Waals surface area contributed by atoms with Gasteiger partial charge in [0, 0.05) is 19.1 Å². The van der Waals surface area contributed by atoms with Crippen molar-refractivity contribution < 1.29 is 14.9 Å². The van der Waals surface area contributed by atoms with Gasteiger partial charge in [0.2, 0.25) is 0 Å². The topological polar surface area (TPSA) is 121 Å². The van der Waals surface area contributed by atoms with E-state index in [1.807, 2.05) is 0 Å². The fraction of sp³-hybridized carbons (Fsp3) is 0.556. The Morgan fingerprint density at radius 1 is 1.71 bits per heavy atom. The number of nitrogens with zero attached hydrogens (tertiary/aromatic N) is 1. The highest BCUT2D eigenvalue weighted by Crippen LogP contribution is 2.17. The van der Waals surface area contributed by atoms with E-state index in [2.05, 4.69) is 9.97 Å². The zero-order valence-electron chi connectivity index (χ0n) is 9.50. The molecule has 1 aliphatic rings. The summed E-state index contributed by atoms with van der Waals surface area (Å²) in [4.78, 5) is 15.9. The van der Waals surface area contributed by atoms with Gasteiger partial charge in [-0.25, -0.2) is 9.78 Å². The van der Waals surface area contributed by atoms with E-state index < -0.39 is 5.69 Å². The van der Waals surface area contributed by atoms with Gasteiger partial charge in [0.05, 0.1) is 13.2 Å². The summed E-state index contributed by atoms with van der Waals surface area (Å²) in [6, 6.07) is 1.52. The molecule has 0 aliphatic carbocycles. The smallest absolute Gasteiger partial charge is 0.346 e. The normalized spacial score (nSPS) is 17.5. The summed E-state index contributed by atoms with van der Waals surface area (Å²) in [5.74, 6) is 1.37. The van der Waals surface area contributed by atoms with Gasteiger partial charge in [0.1, 0.15) is 11.3 Å². The van der Waals surface area contributed by atoms with Gasteiger partial charge < -0.3 is 20.7 Å². The van der Waals surface area contributed by atoms with Crippen LogP contribution in [-0.2, 0) is 4.74 Å². The van der Waals surface area contributed by atoms with Gasteiger partial charge in [-0.2, -0.15) is 0 Å². The van der Waals surface area contributed by atoms with Crippen LogP contribution >= 0.6 is 11.8 Å². The Hall–Kier alpha value is -1.09. The first-order chi connectivity index (χ1) is 8.22. The van der Waals surface area contributed by atoms with Crippen LogP contribution in [0.25, 0.3) is 0 Å². The van der Waals surface area contributed by atoms with Gasteiger partial charge in [0.15, 0.2) is 0 Å². The molecule has 1 aliphatic heterocycles. The van der Waals surface area contributed by atoms with E-state index in [0.29, 0.717) is 5.82 Å². The molecular formula is C9H17N3O4S. The average molecular weight is 263 g/mol. The summed E-state index contributed by atoms with van der Waals surface area (Å²) in [7, 11) is 1.00. The van der Waals surface area contributed by atoms with Crippen molar-refractivity contribution in [1.82, 2.24) is 9.97 Å². The first-order valence-electron chi connectivity index (χ1n) is 4.82. The predicted molar refractivity (Wildman–Crippen MR) is 66.7 cm³/mol. The second-order valence-corrected chi connectivity index (χ2v) is 3.95. The number of nitrogen functional groups attached to an aromatic ring is 1. The number of hydrogen-bond donors (Lipinski definition) is 4. The van der Waals surface area contributed by atoms with Gasteiger partial charge >= 0.3 is 5.69 Å². The highest BCUT2D eigenvalue weighted by Gasteiger charge is 2.13. The number of aromatic nitrogens is 2. The molecule has 1 aromatic heterocycles. The standard InChI is InChI=1S/C4H5N3O.C4H8O2S.CH4O/c5-3-1-2-6-4(8)7-3;5-3-4-6-1-2-7-4;1-2/h1-2H,(H3,5,6,7,8);4-5H,1-3H2;2H,1H3/t;4-;/m.0./s1. The molecule has 0 unspecified atom stereocenters. The number of anilines is 1. The minimum Gasteiger partial charge on any atom is -0.400 e. The third kappa shape index (κ3) is 7.75. The molecule has 0 amide bonds. The summed E-state index contributed by atoms with van der Waals surface area (Å²) in [5, 5.41) is 15.4. The van der Waals surface area contributed by atoms with Crippen LogP contribution in [-0.4, -0.2) is 51.7 Å². The minimum absolute atomic E-state index is 0.0694. The third-order valence-corrected chi connectivity index (χ3v) is 2.60. The van der Waals surface area contributed by atoms with Gasteiger partial charge in [0.25, 0.3) is 0 Å². The van der Waals surface area contributed by atoms with E-state index in [1.54, 1.807) is 11.8 Å². The number of aromatic amines is 1. The van der Waals surface area contributed by atoms with Gasteiger partial charge in [-0.05, 0) is 6.07 Å². The number of thioether (sulfide) groups is 1. The van der Waals surface area contributed by atoms with Crippen LogP contribution in [0, 0.1) is 0 Å². The molecule has 0 aromatic carbocycles.